The fraction of sp³-hybridized carbons (Fsp3) is 0.727. The number of esters is 2. The van der Waals surface area contributed by atoms with E-state index in [9.17, 15) is 9.59 Å². The Kier molecular flexibility index (Phi) is 3.92. The summed E-state index contributed by atoms with van der Waals surface area (Å²) in [5, 5.41) is 0. The molecule has 27 heavy (non-hydrogen) atoms. The number of ether oxygens (including phenoxy) is 2. The summed E-state index contributed by atoms with van der Waals surface area (Å²) in [4.78, 5) is 24.5. The topological polar surface area (TPSA) is 57.5 Å². The van der Waals surface area contributed by atoms with Crippen LogP contribution in [0.15, 0.2) is 6.07 Å². The molecule has 0 amide bonds. The van der Waals surface area contributed by atoms with Crippen molar-refractivity contribution in [2.75, 3.05) is 0 Å². The normalized spacial score (nSPS) is 40.2. The van der Waals surface area contributed by atoms with Crippen LogP contribution in [0.1, 0.15) is 87.8 Å². The first-order valence-electron chi connectivity index (χ1n) is 10.7. The summed E-state index contributed by atoms with van der Waals surface area (Å²) in [6.45, 7) is 7.17. The number of aromatic nitrogens is 1. The van der Waals surface area contributed by atoms with E-state index in [0.29, 0.717) is 11.8 Å². The molecule has 4 aliphatic rings. The van der Waals surface area contributed by atoms with E-state index in [2.05, 4.69) is 17.6 Å². The van der Waals surface area contributed by atoms with Gasteiger partial charge in [-0.25, -0.2) is 0 Å². The van der Waals surface area contributed by atoms with Crippen LogP contribution in [0.5, 0.6) is 0 Å². The SMILES string of the molecule is CCC1C2CCCCn3c(C4CC(C)C(=O)O4)cc(c32)C2C(C)C(=O)OC12. The molecule has 4 heterocycles. The third kappa shape index (κ3) is 2.36. The number of rotatable bonds is 2. The van der Waals surface area contributed by atoms with Gasteiger partial charge in [0.05, 0.1) is 17.5 Å². The van der Waals surface area contributed by atoms with Gasteiger partial charge in [0.25, 0.3) is 0 Å². The molecule has 1 aromatic rings. The van der Waals surface area contributed by atoms with Crippen molar-refractivity contribution in [3.63, 3.8) is 0 Å². The van der Waals surface area contributed by atoms with Crippen LogP contribution in [0.3, 0.4) is 0 Å². The van der Waals surface area contributed by atoms with Crippen LogP contribution in [0.2, 0.25) is 0 Å². The lowest BCUT2D eigenvalue weighted by atomic mass is 9.66. The van der Waals surface area contributed by atoms with Gasteiger partial charge in [-0.3, -0.25) is 9.59 Å². The second-order valence-electron chi connectivity index (χ2n) is 9.01. The van der Waals surface area contributed by atoms with E-state index in [0.717, 1.165) is 37.9 Å². The van der Waals surface area contributed by atoms with Crippen LogP contribution in [0.4, 0.5) is 0 Å². The van der Waals surface area contributed by atoms with Gasteiger partial charge in [-0.2, -0.15) is 0 Å². The van der Waals surface area contributed by atoms with Gasteiger partial charge in [0.2, 0.25) is 0 Å². The average molecular weight is 371 g/mol. The minimum absolute atomic E-state index is 0.00171. The van der Waals surface area contributed by atoms with E-state index >= 15 is 0 Å². The number of hydrogen-bond acceptors (Lipinski definition) is 4. The largest absolute Gasteiger partial charge is 0.461 e. The Bertz CT molecular complexity index is 796. The maximum Gasteiger partial charge on any atom is 0.309 e. The Labute approximate surface area is 160 Å². The van der Waals surface area contributed by atoms with Crippen LogP contribution in [0.25, 0.3) is 0 Å². The first-order chi connectivity index (χ1) is 13.0. The van der Waals surface area contributed by atoms with Crippen molar-refractivity contribution in [3.05, 3.63) is 23.0 Å². The van der Waals surface area contributed by atoms with Crippen molar-refractivity contribution in [2.24, 2.45) is 17.8 Å². The third-order valence-corrected chi connectivity index (χ3v) is 7.54. The van der Waals surface area contributed by atoms with Crippen molar-refractivity contribution in [1.82, 2.24) is 4.57 Å². The third-order valence-electron chi connectivity index (χ3n) is 7.54. The zero-order valence-corrected chi connectivity index (χ0v) is 16.4. The maximum absolute atomic E-state index is 12.4. The van der Waals surface area contributed by atoms with Gasteiger partial charge in [0, 0.05) is 36.4 Å². The number of fused-ring (bicyclic) bond motifs is 2. The van der Waals surface area contributed by atoms with E-state index < -0.39 is 0 Å². The van der Waals surface area contributed by atoms with E-state index in [1.54, 1.807) is 0 Å². The van der Waals surface area contributed by atoms with Crippen molar-refractivity contribution in [3.8, 4) is 0 Å². The Morgan fingerprint density at radius 2 is 1.96 bits per heavy atom. The molecule has 5 rings (SSSR count). The summed E-state index contributed by atoms with van der Waals surface area (Å²) in [5.74, 6) is 0.690. The van der Waals surface area contributed by atoms with Crippen molar-refractivity contribution >= 4 is 11.9 Å². The number of nitrogens with zero attached hydrogens (tertiary/aromatic N) is 1. The highest BCUT2D eigenvalue weighted by molar-refractivity contribution is 5.77. The highest BCUT2D eigenvalue weighted by Crippen LogP contribution is 2.55. The minimum Gasteiger partial charge on any atom is -0.461 e. The van der Waals surface area contributed by atoms with E-state index in [4.69, 9.17) is 9.47 Å². The van der Waals surface area contributed by atoms with Gasteiger partial charge in [-0.05, 0) is 30.9 Å². The Hall–Kier alpha value is -1.78. The first-order valence-corrected chi connectivity index (χ1v) is 10.7. The molecule has 5 nitrogen and oxygen atoms in total. The summed E-state index contributed by atoms with van der Waals surface area (Å²) in [6.07, 6.45) is 5.14. The molecule has 5 heteroatoms. The monoisotopic (exact) mass is 371 g/mol. The Balaban J connectivity index is 1.67. The lowest BCUT2D eigenvalue weighted by molar-refractivity contribution is -0.146. The van der Waals surface area contributed by atoms with Gasteiger partial charge in [-0.1, -0.05) is 27.2 Å². The Morgan fingerprint density at radius 1 is 1.15 bits per heavy atom. The van der Waals surface area contributed by atoms with E-state index in [1.807, 2.05) is 13.8 Å². The number of carbonyl (C=O) groups is 2. The molecule has 2 saturated heterocycles. The van der Waals surface area contributed by atoms with Crippen molar-refractivity contribution in [2.45, 2.75) is 83.5 Å². The van der Waals surface area contributed by atoms with Gasteiger partial charge in [-0.15, -0.1) is 0 Å². The summed E-state index contributed by atoms with van der Waals surface area (Å²) in [5.41, 5.74) is 3.85. The molecule has 1 aromatic heterocycles. The first kappa shape index (κ1) is 17.3. The molecular weight excluding hydrogens is 342 g/mol. The Morgan fingerprint density at radius 3 is 2.67 bits per heavy atom. The van der Waals surface area contributed by atoms with Crippen molar-refractivity contribution in [1.29, 1.82) is 0 Å². The molecule has 2 fully saturated rings. The molecule has 3 aliphatic heterocycles. The van der Waals surface area contributed by atoms with Gasteiger partial charge >= 0.3 is 11.9 Å². The fourth-order valence-electron chi connectivity index (χ4n) is 6.19. The average Bonchev–Trinajstić information content (AvgIpc) is 3.20. The number of hydrogen-bond donors (Lipinski definition) is 0. The highest BCUT2D eigenvalue weighted by atomic mass is 16.6. The van der Waals surface area contributed by atoms with Gasteiger partial charge in [0.15, 0.2) is 0 Å². The standard InChI is InChI=1S/C22H29NO4/c1-4-13-14-7-5-6-8-23-16(17-9-11(2)21(24)26-17)10-15(19(14)23)18-12(3)22(25)27-20(13)18/h10-14,17-18,20H,4-9H2,1-3H3. The number of cyclic esters (lactones) is 1. The molecule has 1 aliphatic carbocycles. The zero-order valence-electron chi connectivity index (χ0n) is 16.4. The van der Waals surface area contributed by atoms with Crippen LogP contribution >= 0.6 is 0 Å². The predicted molar refractivity (Wildman–Crippen MR) is 99.2 cm³/mol. The maximum atomic E-state index is 12.4. The van der Waals surface area contributed by atoms with Gasteiger partial charge in [0.1, 0.15) is 12.2 Å². The summed E-state index contributed by atoms with van der Waals surface area (Å²) < 4.78 is 14.1. The summed E-state index contributed by atoms with van der Waals surface area (Å²) in [7, 11) is 0. The molecule has 0 saturated carbocycles. The lowest BCUT2D eigenvalue weighted by Crippen LogP contribution is -2.36. The molecule has 0 bridgehead atoms. The van der Waals surface area contributed by atoms with E-state index in [1.165, 1.54) is 17.7 Å². The van der Waals surface area contributed by atoms with Crippen LogP contribution < -0.4 is 0 Å². The molecule has 0 radical (unpaired) electrons. The molecule has 0 spiro atoms. The predicted octanol–water partition coefficient (Wildman–Crippen LogP) is 4.06. The minimum atomic E-state index is -0.149. The molecule has 7 unspecified atom stereocenters. The summed E-state index contributed by atoms with van der Waals surface area (Å²) in [6, 6.07) is 2.26. The van der Waals surface area contributed by atoms with Crippen LogP contribution in [0, 0.1) is 17.8 Å². The number of carbonyl (C=O) groups excluding carboxylic acids is 2. The second kappa shape index (κ2) is 6.11. The summed E-state index contributed by atoms with van der Waals surface area (Å²) >= 11 is 0. The molecule has 7 atom stereocenters. The quantitative estimate of drug-likeness (QED) is 0.736. The van der Waals surface area contributed by atoms with E-state index in [-0.39, 0.29) is 41.9 Å². The molecule has 146 valence electrons. The van der Waals surface area contributed by atoms with Crippen molar-refractivity contribution < 1.29 is 19.1 Å². The highest BCUT2D eigenvalue weighted by Gasteiger charge is 2.54. The molecule has 0 N–H and O–H groups in total. The molecular formula is C22H29NO4. The molecule has 0 aromatic carbocycles. The van der Waals surface area contributed by atoms with Gasteiger partial charge < -0.3 is 14.0 Å². The fourth-order valence-corrected chi connectivity index (χ4v) is 6.19. The zero-order chi connectivity index (χ0) is 18.9. The second-order valence-corrected chi connectivity index (χ2v) is 9.01. The lowest BCUT2D eigenvalue weighted by Gasteiger charge is -2.39. The smallest absolute Gasteiger partial charge is 0.309 e. The van der Waals surface area contributed by atoms with Crippen LogP contribution in [-0.4, -0.2) is 22.6 Å². The van der Waals surface area contributed by atoms with Crippen LogP contribution in [-0.2, 0) is 25.6 Å².